The summed E-state index contributed by atoms with van der Waals surface area (Å²) in [6.45, 7) is 9.15. The van der Waals surface area contributed by atoms with Gasteiger partial charge < -0.3 is 19.8 Å². The summed E-state index contributed by atoms with van der Waals surface area (Å²) >= 11 is 1.32. The molecule has 1 aromatic rings. The fourth-order valence-corrected chi connectivity index (χ4v) is 3.63. The highest BCUT2D eigenvalue weighted by Gasteiger charge is 2.21. The quantitative estimate of drug-likeness (QED) is 0.485. The van der Waals surface area contributed by atoms with Gasteiger partial charge >= 0.3 is 0 Å². The molecule has 0 saturated carbocycles. The van der Waals surface area contributed by atoms with E-state index in [2.05, 4.69) is 53.8 Å². The van der Waals surface area contributed by atoms with Gasteiger partial charge in [-0.1, -0.05) is 12.1 Å². The van der Waals surface area contributed by atoms with Crippen molar-refractivity contribution in [3.8, 4) is 6.07 Å². The zero-order chi connectivity index (χ0) is 20.2. The molecule has 1 heterocycles. The van der Waals surface area contributed by atoms with Crippen LogP contribution < -0.4 is 9.62 Å². The number of aliphatic hydroxyl groups is 2. The molecule has 27 heavy (non-hydrogen) atoms. The summed E-state index contributed by atoms with van der Waals surface area (Å²) in [5.41, 5.74) is 3.18. The van der Waals surface area contributed by atoms with Gasteiger partial charge in [-0.2, -0.15) is 5.26 Å². The average Bonchev–Trinajstić information content (AvgIpc) is 2.71. The normalized spacial score (nSPS) is 20.0. The first kappa shape index (κ1) is 23.5. The average molecular weight is 394 g/mol. The van der Waals surface area contributed by atoms with E-state index in [1.807, 2.05) is 6.92 Å². The molecule has 0 amide bonds. The van der Waals surface area contributed by atoms with E-state index < -0.39 is 6.10 Å². The Morgan fingerprint density at radius 1 is 1.26 bits per heavy atom. The van der Waals surface area contributed by atoms with Gasteiger partial charge in [0.1, 0.15) is 11.0 Å². The molecule has 2 unspecified atom stereocenters. The number of nitriles is 1. The number of aliphatic hydroxyl groups excluding tert-OH is 2. The van der Waals surface area contributed by atoms with Crippen LogP contribution in [-0.2, 0) is 4.74 Å². The maximum atomic E-state index is 9.65. The molecule has 1 saturated heterocycles. The second-order valence-corrected chi connectivity index (χ2v) is 6.98. The van der Waals surface area contributed by atoms with Gasteiger partial charge in [-0.3, -0.25) is 4.72 Å². The van der Waals surface area contributed by atoms with Crippen LogP contribution in [0.1, 0.15) is 32.8 Å². The summed E-state index contributed by atoms with van der Waals surface area (Å²) in [6.07, 6.45) is 0.207. The minimum atomic E-state index is -0.435. The van der Waals surface area contributed by atoms with Crippen LogP contribution in [0.2, 0.25) is 0 Å². The Bertz CT molecular complexity index is 624. The molecular formula is C20H31N3O3S. The first-order valence-corrected chi connectivity index (χ1v) is 9.99. The molecule has 1 aliphatic heterocycles. The molecule has 1 aromatic carbocycles. The van der Waals surface area contributed by atoms with Crippen molar-refractivity contribution in [1.82, 2.24) is 4.72 Å². The molecule has 6 nitrogen and oxygen atoms in total. The Balaban J connectivity index is 0.00000176. The molecule has 0 aliphatic carbocycles. The number of nitrogens with one attached hydrogen (secondary N) is 1. The van der Waals surface area contributed by atoms with Crippen LogP contribution in [0, 0.1) is 11.3 Å². The molecule has 0 spiro atoms. The van der Waals surface area contributed by atoms with Crippen LogP contribution in [0.3, 0.4) is 0 Å². The first-order valence-electron chi connectivity index (χ1n) is 9.18. The first-order chi connectivity index (χ1) is 13.1. The Morgan fingerprint density at radius 3 is 2.41 bits per heavy atom. The smallest absolute Gasteiger partial charge is 0.108 e. The summed E-state index contributed by atoms with van der Waals surface area (Å²) < 4.78 is 8.58. The molecule has 2 atom stereocenters. The molecule has 1 fully saturated rings. The summed E-state index contributed by atoms with van der Waals surface area (Å²) in [6, 6.07) is 10.7. The topological polar surface area (TPSA) is 88.8 Å². The maximum Gasteiger partial charge on any atom is 0.108 e. The number of hydrogen-bond donors (Lipinski definition) is 3. The van der Waals surface area contributed by atoms with Crippen molar-refractivity contribution in [2.24, 2.45) is 0 Å². The van der Waals surface area contributed by atoms with Crippen molar-refractivity contribution in [1.29, 1.82) is 5.26 Å². The fraction of sp³-hybridized carbons (Fsp3) is 0.550. The number of ether oxygens (including phenoxy) is 1. The minimum Gasteiger partial charge on any atom is -0.400 e. The number of hydrogen-bond acceptors (Lipinski definition) is 7. The van der Waals surface area contributed by atoms with Crippen LogP contribution in [0.4, 0.5) is 5.69 Å². The second kappa shape index (κ2) is 12.8. The van der Waals surface area contributed by atoms with Crippen LogP contribution in [0.25, 0.3) is 5.57 Å². The predicted molar refractivity (Wildman–Crippen MR) is 112 cm³/mol. The predicted octanol–water partition coefficient (Wildman–Crippen LogP) is 2.78. The van der Waals surface area contributed by atoms with Crippen molar-refractivity contribution >= 4 is 23.2 Å². The third kappa shape index (κ3) is 7.17. The molecular weight excluding hydrogens is 362 g/mol. The van der Waals surface area contributed by atoms with E-state index in [-0.39, 0.29) is 6.04 Å². The monoisotopic (exact) mass is 393 g/mol. The standard InChI is InChI=1S/C19H27N3O2S.CH4O/c1-4-22(5-2)17-8-6-15(7-9-17)14(3)19(11-20)25-21-16-10-18(23)13-24-12-16;1-2/h6-9,16,18,21,23H,4-5,10,12-13H2,1-3H3;2H,1H3/b19-14+;. The lowest BCUT2D eigenvalue weighted by molar-refractivity contribution is -0.0181. The van der Waals surface area contributed by atoms with Gasteiger partial charge in [0.2, 0.25) is 0 Å². The largest absolute Gasteiger partial charge is 0.400 e. The Labute approximate surface area is 167 Å². The molecule has 1 aliphatic rings. The maximum absolute atomic E-state index is 9.65. The highest BCUT2D eigenvalue weighted by molar-refractivity contribution is 8.01. The molecule has 2 rings (SSSR count). The number of benzene rings is 1. The summed E-state index contributed by atoms with van der Waals surface area (Å²) in [5, 5.41) is 26.1. The van der Waals surface area contributed by atoms with Gasteiger partial charge in [0.05, 0.1) is 19.3 Å². The zero-order valence-corrected chi connectivity index (χ0v) is 17.4. The van der Waals surface area contributed by atoms with Crippen LogP contribution in [-0.4, -0.2) is 55.8 Å². The molecule has 7 heteroatoms. The highest BCUT2D eigenvalue weighted by Crippen LogP contribution is 2.27. The molecule has 150 valence electrons. The molecule has 3 N–H and O–H groups in total. The number of allylic oxidation sites excluding steroid dienone is 2. The zero-order valence-electron chi connectivity index (χ0n) is 16.6. The molecule has 0 aromatic heterocycles. The third-order valence-electron chi connectivity index (χ3n) is 4.38. The summed E-state index contributed by atoms with van der Waals surface area (Å²) in [5.74, 6) is 0. The third-order valence-corrected chi connectivity index (χ3v) is 5.44. The number of nitrogens with zero attached hydrogens (tertiary/aromatic N) is 2. The summed E-state index contributed by atoms with van der Waals surface area (Å²) in [7, 11) is 1.00. The van der Waals surface area contributed by atoms with Crippen molar-refractivity contribution in [2.75, 3.05) is 38.3 Å². The van der Waals surface area contributed by atoms with E-state index in [4.69, 9.17) is 9.84 Å². The number of anilines is 1. The van der Waals surface area contributed by atoms with Gasteiger partial charge in [-0.25, -0.2) is 0 Å². The van der Waals surface area contributed by atoms with Crippen molar-refractivity contribution in [3.05, 3.63) is 34.7 Å². The van der Waals surface area contributed by atoms with E-state index in [1.54, 1.807) is 0 Å². The van der Waals surface area contributed by atoms with Gasteiger partial charge in [0.15, 0.2) is 0 Å². The van der Waals surface area contributed by atoms with Gasteiger partial charge in [-0.15, -0.1) is 0 Å². The van der Waals surface area contributed by atoms with Gasteiger partial charge in [-0.05, 0) is 62.4 Å². The molecule has 0 bridgehead atoms. The second-order valence-electron chi connectivity index (χ2n) is 6.13. The Morgan fingerprint density at radius 2 is 1.89 bits per heavy atom. The fourth-order valence-electron chi connectivity index (χ4n) is 2.86. The van der Waals surface area contributed by atoms with E-state index in [1.165, 1.54) is 17.6 Å². The lowest BCUT2D eigenvalue weighted by Gasteiger charge is -2.26. The van der Waals surface area contributed by atoms with E-state index in [0.29, 0.717) is 24.5 Å². The highest BCUT2D eigenvalue weighted by atomic mass is 32.2. The minimum absolute atomic E-state index is 0.0509. The van der Waals surface area contributed by atoms with E-state index in [9.17, 15) is 10.4 Å². The van der Waals surface area contributed by atoms with Gasteiger partial charge in [0, 0.05) is 31.9 Å². The SMILES string of the molecule is CCN(CC)c1ccc(/C(C)=C(\C#N)SNC2COCC(O)C2)cc1.CO. The van der Waals surface area contributed by atoms with Crippen molar-refractivity contribution in [3.63, 3.8) is 0 Å². The lowest BCUT2D eigenvalue weighted by Crippen LogP contribution is -2.39. The van der Waals surface area contributed by atoms with Crippen LogP contribution in [0.15, 0.2) is 29.2 Å². The van der Waals surface area contributed by atoms with E-state index >= 15 is 0 Å². The van der Waals surface area contributed by atoms with Gasteiger partial charge in [0.25, 0.3) is 0 Å². The van der Waals surface area contributed by atoms with E-state index in [0.717, 1.165) is 31.3 Å². The van der Waals surface area contributed by atoms with Crippen LogP contribution >= 0.6 is 11.9 Å². The van der Waals surface area contributed by atoms with Crippen LogP contribution in [0.5, 0.6) is 0 Å². The Kier molecular flexibility index (Phi) is 11.1. The van der Waals surface area contributed by atoms with Crippen molar-refractivity contribution in [2.45, 2.75) is 39.3 Å². The molecule has 0 radical (unpaired) electrons. The summed E-state index contributed by atoms with van der Waals surface area (Å²) in [4.78, 5) is 2.93. The number of rotatable bonds is 7. The lowest BCUT2D eigenvalue weighted by atomic mass is 10.1. The van der Waals surface area contributed by atoms with Crippen molar-refractivity contribution < 1.29 is 14.9 Å². The Hall–Kier alpha value is -1.56.